The number of fused-ring (bicyclic) bond motifs is 1. The van der Waals surface area contributed by atoms with Crippen molar-refractivity contribution >= 4 is 16.8 Å². The van der Waals surface area contributed by atoms with Crippen molar-refractivity contribution in [1.29, 1.82) is 0 Å². The molecule has 1 amide bonds. The third-order valence-electron chi connectivity index (χ3n) is 4.58. The molecule has 1 aromatic heterocycles. The van der Waals surface area contributed by atoms with E-state index in [9.17, 15) is 9.59 Å². The highest BCUT2D eigenvalue weighted by atomic mass is 16.5. The van der Waals surface area contributed by atoms with E-state index in [0.717, 1.165) is 5.56 Å². The van der Waals surface area contributed by atoms with Gasteiger partial charge in [-0.3, -0.25) is 9.59 Å². The topological polar surface area (TPSA) is 75.3 Å². The molecule has 6 nitrogen and oxygen atoms in total. The van der Waals surface area contributed by atoms with Gasteiger partial charge in [0.2, 0.25) is 0 Å². The number of hydrogen-bond donors (Lipinski definition) is 1. The predicted octanol–water partition coefficient (Wildman–Crippen LogP) is 2.97. The molecule has 0 atom stereocenters. The fraction of sp³-hybridized carbons (Fsp3) is 0.286. The molecule has 2 aromatic carbocycles. The van der Waals surface area contributed by atoms with Crippen molar-refractivity contribution in [3.63, 3.8) is 0 Å². The van der Waals surface area contributed by atoms with Crippen molar-refractivity contribution in [3.05, 3.63) is 69.8 Å². The first-order valence-electron chi connectivity index (χ1n) is 8.93. The van der Waals surface area contributed by atoms with Crippen LogP contribution >= 0.6 is 0 Å². The van der Waals surface area contributed by atoms with Crippen LogP contribution in [0.1, 0.15) is 23.9 Å². The van der Waals surface area contributed by atoms with Gasteiger partial charge in [-0.2, -0.15) is 0 Å². The molecule has 0 aliphatic heterocycles. The molecule has 0 saturated heterocycles. The highest BCUT2D eigenvalue weighted by molar-refractivity contribution is 5.78. The standard InChI is InChI=1S/C21H23N3O3/c1-4-24(20(25)13-27-16-10-9-14(2)15(3)11-16)12-19-22-18-8-6-5-7-17(18)21(26)23-19/h5-11H,4,12-13H2,1-3H3,(H,22,23,26). The van der Waals surface area contributed by atoms with Gasteiger partial charge in [-0.15, -0.1) is 0 Å². The summed E-state index contributed by atoms with van der Waals surface area (Å²) in [5, 5.41) is 0.536. The summed E-state index contributed by atoms with van der Waals surface area (Å²) in [6.07, 6.45) is 0. The van der Waals surface area contributed by atoms with Crippen LogP contribution in [0.2, 0.25) is 0 Å². The number of amides is 1. The molecule has 0 radical (unpaired) electrons. The summed E-state index contributed by atoms with van der Waals surface area (Å²) >= 11 is 0. The lowest BCUT2D eigenvalue weighted by atomic mass is 10.1. The SMILES string of the molecule is CCN(Cc1nc2ccccc2c(=O)[nH]1)C(=O)COc1ccc(C)c(C)c1. The van der Waals surface area contributed by atoms with Crippen LogP contribution in [0.3, 0.4) is 0 Å². The maximum atomic E-state index is 12.5. The van der Waals surface area contributed by atoms with Crippen LogP contribution in [-0.2, 0) is 11.3 Å². The number of rotatable bonds is 6. The van der Waals surface area contributed by atoms with Crippen LogP contribution in [0.15, 0.2) is 47.3 Å². The van der Waals surface area contributed by atoms with Gasteiger partial charge in [-0.1, -0.05) is 18.2 Å². The summed E-state index contributed by atoms with van der Waals surface area (Å²) in [4.78, 5) is 33.5. The summed E-state index contributed by atoms with van der Waals surface area (Å²) in [6, 6.07) is 12.9. The van der Waals surface area contributed by atoms with Gasteiger partial charge < -0.3 is 14.6 Å². The average molecular weight is 365 g/mol. The fourth-order valence-corrected chi connectivity index (χ4v) is 2.81. The second-order valence-corrected chi connectivity index (χ2v) is 6.47. The average Bonchev–Trinajstić information content (AvgIpc) is 2.67. The molecule has 0 aliphatic rings. The number of benzene rings is 2. The lowest BCUT2D eigenvalue weighted by Crippen LogP contribution is -2.35. The lowest BCUT2D eigenvalue weighted by molar-refractivity contribution is -0.133. The fourth-order valence-electron chi connectivity index (χ4n) is 2.81. The molecule has 0 unspecified atom stereocenters. The minimum Gasteiger partial charge on any atom is -0.484 e. The monoisotopic (exact) mass is 365 g/mol. The number of carbonyl (C=O) groups excluding carboxylic acids is 1. The van der Waals surface area contributed by atoms with E-state index in [0.29, 0.717) is 29.0 Å². The number of likely N-dealkylation sites (N-methyl/N-ethyl adjacent to an activating group) is 1. The van der Waals surface area contributed by atoms with Gasteiger partial charge in [0.15, 0.2) is 6.61 Å². The molecular weight excluding hydrogens is 342 g/mol. The summed E-state index contributed by atoms with van der Waals surface area (Å²) in [7, 11) is 0. The molecule has 3 rings (SSSR count). The Morgan fingerprint density at radius 1 is 1.15 bits per heavy atom. The normalized spacial score (nSPS) is 10.8. The number of nitrogens with one attached hydrogen (secondary N) is 1. The van der Waals surface area contributed by atoms with Gasteiger partial charge in [0.1, 0.15) is 11.6 Å². The van der Waals surface area contributed by atoms with Crippen LogP contribution < -0.4 is 10.3 Å². The molecule has 1 heterocycles. The Bertz CT molecular complexity index is 1030. The number of hydrogen-bond acceptors (Lipinski definition) is 4. The second kappa shape index (κ2) is 8.03. The Hall–Kier alpha value is -3.15. The zero-order chi connectivity index (χ0) is 19.4. The van der Waals surface area contributed by atoms with Gasteiger partial charge in [0.25, 0.3) is 11.5 Å². The molecule has 140 valence electrons. The van der Waals surface area contributed by atoms with Crippen molar-refractivity contribution in [2.24, 2.45) is 0 Å². The summed E-state index contributed by atoms with van der Waals surface area (Å²) in [5.41, 5.74) is 2.71. The Balaban J connectivity index is 1.70. The third kappa shape index (κ3) is 4.34. The lowest BCUT2D eigenvalue weighted by Gasteiger charge is -2.20. The molecular formula is C21H23N3O3. The summed E-state index contributed by atoms with van der Waals surface area (Å²) in [5.74, 6) is 0.964. The second-order valence-electron chi connectivity index (χ2n) is 6.47. The minimum absolute atomic E-state index is 0.0614. The maximum Gasteiger partial charge on any atom is 0.260 e. The molecule has 1 N–H and O–H groups in total. The van der Waals surface area contributed by atoms with Crippen molar-refractivity contribution < 1.29 is 9.53 Å². The zero-order valence-corrected chi connectivity index (χ0v) is 15.8. The van der Waals surface area contributed by atoms with E-state index in [1.807, 2.05) is 45.0 Å². The van der Waals surface area contributed by atoms with Gasteiger partial charge in [0.05, 0.1) is 17.4 Å². The van der Waals surface area contributed by atoms with E-state index in [2.05, 4.69) is 9.97 Å². The summed E-state index contributed by atoms with van der Waals surface area (Å²) < 4.78 is 5.63. The van der Waals surface area contributed by atoms with Crippen LogP contribution in [0.5, 0.6) is 5.75 Å². The molecule has 3 aromatic rings. The van der Waals surface area contributed by atoms with Crippen molar-refractivity contribution in [2.45, 2.75) is 27.3 Å². The number of nitrogens with zero attached hydrogens (tertiary/aromatic N) is 2. The van der Waals surface area contributed by atoms with Gasteiger partial charge in [0, 0.05) is 6.54 Å². The number of aryl methyl sites for hydroxylation is 2. The van der Waals surface area contributed by atoms with Crippen LogP contribution in [0.25, 0.3) is 10.9 Å². The quantitative estimate of drug-likeness (QED) is 0.729. The third-order valence-corrected chi connectivity index (χ3v) is 4.58. The number of H-pyrrole nitrogens is 1. The van der Waals surface area contributed by atoms with Crippen molar-refractivity contribution in [2.75, 3.05) is 13.2 Å². The zero-order valence-electron chi connectivity index (χ0n) is 15.8. The van der Waals surface area contributed by atoms with Crippen LogP contribution in [0.4, 0.5) is 0 Å². The number of carbonyl (C=O) groups is 1. The number of ether oxygens (including phenoxy) is 1. The first kappa shape index (κ1) is 18.6. The van der Waals surface area contributed by atoms with E-state index in [1.165, 1.54) is 5.56 Å². The van der Waals surface area contributed by atoms with Gasteiger partial charge in [-0.25, -0.2) is 4.98 Å². The predicted molar refractivity (Wildman–Crippen MR) is 105 cm³/mol. The van der Waals surface area contributed by atoms with E-state index in [-0.39, 0.29) is 24.6 Å². The first-order chi connectivity index (χ1) is 13.0. The van der Waals surface area contributed by atoms with E-state index in [4.69, 9.17) is 4.74 Å². The smallest absolute Gasteiger partial charge is 0.260 e. The molecule has 27 heavy (non-hydrogen) atoms. The summed E-state index contributed by atoms with van der Waals surface area (Å²) in [6.45, 7) is 6.57. The van der Waals surface area contributed by atoms with Crippen LogP contribution in [0, 0.1) is 13.8 Å². The Morgan fingerprint density at radius 3 is 2.67 bits per heavy atom. The highest BCUT2D eigenvalue weighted by Gasteiger charge is 2.15. The molecule has 0 spiro atoms. The van der Waals surface area contributed by atoms with Crippen molar-refractivity contribution in [1.82, 2.24) is 14.9 Å². The molecule has 0 saturated carbocycles. The van der Waals surface area contributed by atoms with Crippen molar-refractivity contribution in [3.8, 4) is 5.75 Å². The van der Waals surface area contributed by atoms with Gasteiger partial charge >= 0.3 is 0 Å². The number of aromatic nitrogens is 2. The maximum absolute atomic E-state index is 12.5. The van der Waals surface area contributed by atoms with E-state index < -0.39 is 0 Å². The molecule has 0 fully saturated rings. The largest absolute Gasteiger partial charge is 0.484 e. The molecule has 0 bridgehead atoms. The Kier molecular flexibility index (Phi) is 5.54. The van der Waals surface area contributed by atoms with Gasteiger partial charge in [-0.05, 0) is 56.2 Å². The molecule has 6 heteroatoms. The number of aromatic amines is 1. The van der Waals surface area contributed by atoms with Crippen LogP contribution in [-0.4, -0.2) is 33.9 Å². The first-order valence-corrected chi connectivity index (χ1v) is 8.93. The van der Waals surface area contributed by atoms with E-state index >= 15 is 0 Å². The Morgan fingerprint density at radius 2 is 1.93 bits per heavy atom. The minimum atomic E-state index is -0.203. The molecule has 0 aliphatic carbocycles. The highest BCUT2D eigenvalue weighted by Crippen LogP contribution is 2.16. The Labute approximate surface area is 157 Å². The van der Waals surface area contributed by atoms with E-state index in [1.54, 1.807) is 23.1 Å². The number of para-hydroxylation sites is 1.